The molecule has 0 aliphatic carbocycles. The quantitative estimate of drug-likeness (QED) is 0.492. The highest BCUT2D eigenvalue weighted by molar-refractivity contribution is 7.17. The lowest BCUT2D eigenvalue weighted by Gasteiger charge is -2.17. The second-order valence-electron chi connectivity index (χ2n) is 6.66. The molecule has 2 N–H and O–H groups in total. The van der Waals surface area contributed by atoms with Crippen LogP contribution in [0.1, 0.15) is 12.2 Å². The van der Waals surface area contributed by atoms with Crippen LogP contribution in [0.3, 0.4) is 0 Å². The van der Waals surface area contributed by atoms with Gasteiger partial charge in [0.1, 0.15) is 10.5 Å². The number of fused-ring (bicyclic) bond motifs is 2. The van der Waals surface area contributed by atoms with Gasteiger partial charge in [0, 0.05) is 31.9 Å². The Kier molecular flexibility index (Phi) is 5.12. The molecule has 4 aromatic rings. The molecule has 0 saturated heterocycles. The van der Waals surface area contributed by atoms with E-state index in [9.17, 15) is 9.59 Å². The van der Waals surface area contributed by atoms with Gasteiger partial charge in [-0.1, -0.05) is 18.2 Å². The first-order chi connectivity index (χ1) is 13.6. The maximum Gasteiger partial charge on any atom is 0.317 e. The largest absolute Gasteiger partial charge is 0.347 e. The van der Waals surface area contributed by atoms with E-state index < -0.39 is 0 Å². The minimum atomic E-state index is -0.189. The third-order valence-corrected chi connectivity index (χ3v) is 5.53. The zero-order valence-corrected chi connectivity index (χ0v) is 16.3. The molecule has 2 amide bonds. The molecule has 0 atom stereocenters. The Labute approximate surface area is 165 Å². The van der Waals surface area contributed by atoms with Crippen LogP contribution < -0.4 is 10.9 Å². The number of aromatic amines is 1. The van der Waals surface area contributed by atoms with Gasteiger partial charge in [-0.3, -0.25) is 4.79 Å². The van der Waals surface area contributed by atoms with Crippen LogP contribution in [0, 0.1) is 0 Å². The maximum absolute atomic E-state index is 12.3. The summed E-state index contributed by atoms with van der Waals surface area (Å²) in [5.74, 6) is 0.479. The highest BCUT2D eigenvalue weighted by atomic mass is 32.1. The molecule has 0 fully saturated rings. The zero-order chi connectivity index (χ0) is 19.5. The molecule has 1 aromatic carbocycles. The second kappa shape index (κ2) is 7.85. The molecular formula is C20H21N5O2S. The molecule has 0 spiro atoms. The smallest absolute Gasteiger partial charge is 0.317 e. The first-order valence-corrected chi connectivity index (χ1v) is 9.99. The number of nitrogens with zero attached hydrogens (tertiary/aromatic N) is 3. The first-order valence-electron chi connectivity index (χ1n) is 9.11. The van der Waals surface area contributed by atoms with Crippen LogP contribution in [0.2, 0.25) is 0 Å². The van der Waals surface area contributed by atoms with Crippen molar-refractivity contribution in [3.63, 3.8) is 0 Å². The SMILES string of the molecule is CN(Cc1nc2ccsc2c(=O)[nH]1)C(=O)NCCCn1ccc2ccccc21. The van der Waals surface area contributed by atoms with Crippen molar-refractivity contribution in [2.45, 2.75) is 19.5 Å². The predicted octanol–water partition coefficient (Wildman–Crippen LogP) is 3.17. The van der Waals surface area contributed by atoms with Crippen molar-refractivity contribution < 1.29 is 4.79 Å². The van der Waals surface area contributed by atoms with Gasteiger partial charge in [0.15, 0.2) is 0 Å². The average Bonchev–Trinajstić information content (AvgIpc) is 3.32. The number of thiophene rings is 1. The minimum absolute atomic E-state index is 0.164. The van der Waals surface area contributed by atoms with Gasteiger partial charge in [-0.15, -0.1) is 11.3 Å². The second-order valence-corrected chi connectivity index (χ2v) is 7.57. The molecule has 0 saturated carbocycles. The van der Waals surface area contributed by atoms with Crippen molar-refractivity contribution in [3.05, 3.63) is 64.2 Å². The Morgan fingerprint density at radius 3 is 3.04 bits per heavy atom. The lowest BCUT2D eigenvalue weighted by atomic mass is 10.2. The van der Waals surface area contributed by atoms with Crippen LogP contribution in [0.4, 0.5) is 4.79 Å². The summed E-state index contributed by atoms with van der Waals surface area (Å²) in [5, 5.41) is 5.97. The topological polar surface area (TPSA) is 83.0 Å². The number of nitrogens with one attached hydrogen (secondary N) is 2. The van der Waals surface area contributed by atoms with Gasteiger partial charge in [-0.05, 0) is 35.4 Å². The summed E-state index contributed by atoms with van der Waals surface area (Å²) in [6.45, 7) is 1.65. The molecule has 0 unspecified atom stereocenters. The van der Waals surface area contributed by atoms with E-state index in [2.05, 4.69) is 44.2 Å². The van der Waals surface area contributed by atoms with E-state index in [0.29, 0.717) is 22.6 Å². The molecule has 0 aliphatic heterocycles. The van der Waals surface area contributed by atoms with E-state index in [1.807, 2.05) is 23.6 Å². The number of carbonyl (C=O) groups excluding carboxylic acids is 1. The number of H-pyrrole nitrogens is 1. The maximum atomic E-state index is 12.3. The first kappa shape index (κ1) is 18.2. The minimum Gasteiger partial charge on any atom is -0.347 e. The van der Waals surface area contributed by atoms with E-state index in [-0.39, 0.29) is 18.1 Å². The Bertz CT molecular complexity index is 1180. The van der Waals surface area contributed by atoms with Crippen LogP contribution in [0.15, 0.2) is 52.8 Å². The van der Waals surface area contributed by atoms with Gasteiger partial charge in [-0.2, -0.15) is 0 Å². The highest BCUT2D eigenvalue weighted by Crippen LogP contribution is 2.15. The molecule has 7 nitrogen and oxygen atoms in total. The summed E-state index contributed by atoms with van der Waals surface area (Å²) < 4.78 is 2.80. The Hall–Kier alpha value is -3.13. The average molecular weight is 395 g/mol. The number of carbonyl (C=O) groups is 1. The molecule has 0 bridgehead atoms. The summed E-state index contributed by atoms with van der Waals surface area (Å²) in [7, 11) is 1.69. The monoisotopic (exact) mass is 395 g/mol. The van der Waals surface area contributed by atoms with Crippen molar-refractivity contribution in [2.24, 2.45) is 0 Å². The lowest BCUT2D eigenvalue weighted by molar-refractivity contribution is 0.205. The number of rotatable bonds is 6. The molecule has 0 radical (unpaired) electrons. The van der Waals surface area contributed by atoms with Crippen molar-refractivity contribution in [1.29, 1.82) is 0 Å². The number of para-hydroxylation sites is 1. The fraction of sp³-hybridized carbons (Fsp3) is 0.250. The number of amides is 2. The van der Waals surface area contributed by atoms with Gasteiger partial charge in [0.25, 0.3) is 5.56 Å². The molecule has 3 aromatic heterocycles. The number of benzene rings is 1. The molecule has 3 heterocycles. The zero-order valence-electron chi connectivity index (χ0n) is 15.5. The van der Waals surface area contributed by atoms with Gasteiger partial charge in [0.05, 0.1) is 12.1 Å². The molecule has 4 rings (SSSR count). The van der Waals surface area contributed by atoms with Crippen molar-refractivity contribution in [2.75, 3.05) is 13.6 Å². The van der Waals surface area contributed by atoms with E-state index >= 15 is 0 Å². The van der Waals surface area contributed by atoms with Crippen LogP contribution in [-0.2, 0) is 13.1 Å². The van der Waals surface area contributed by atoms with Crippen molar-refractivity contribution >= 4 is 38.5 Å². The third-order valence-electron chi connectivity index (χ3n) is 4.63. The summed E-state index contributed by atoms with van der Waals surface area (Å²) in [6, 6.07) is 12.0. The Morgan fingerprint density at radius 2 is 2.14 bits per heavy atom. The number of urea groups is 1. The summed E-state index contributed by atoms with van der Waals surface area (Å²) in [5.41, 5.74) is 1.70. The Balaban J connectivity index is 1.29. The predicted molar refractivity (Wildman–Crippen MR) is 112 cm³/mol. The molecule has 28 heavy (non-hydrogen) atoms. The molecular weight excluding hydrogens is 374 g/mol. The Morgan fingerprint density at radius 1 is 1.29 bits per heavy atom. The number of hydrogen-bond donors (Lipinski definition) is 2. The number of hydrogen-bond acceptors (Lipinski definition) is 4. The van der Waals surface area contributed by atoms with Gasteiger partial charge < -0.3 is 19.8 Å². The normalized spacial score (nSPS) is 11.2. The number of aromatic nitrogens is 3. The van der Waals surface area contributed by atoms with Crippen LogP contribution in [0.5, 0.6) is 0 Å². The lowest BCUT2D eigenvalue weighted by Crippen LogP contribution is -2.38. The van der Waals surface area contributed by atoms with Crippen LogP contribution in [0.25, 0.3) is 21.1 Å². The molecule has 0 aliphatic rings. The van der Waals surface area contributed by atoms with Gasteiger partial charge in [0.2, 0.25) is 0 Å². The fourth-order valence-electron chi connectivity index (χ4n) is 3.21. The summed E-state index contributed by atoms with van der Waals surface area (Å²) in [6.07, 6.45) is 2.90. The summed E-state index contributed by atoms with van der Waals surface area (Å²) in [4.78, 5) is 33.0. The van der Waals surface area contributed by atoms with E-state index in [4.69, 9.17) is 0 Å². The standard InChI is InChI=1S/C20H21N5O2S/c1-24(13-17-22-15-8-12-28-18(15)19(26)23-17)20(27)21-9-4-10-25-11-7-14-5-2-3-6-16(14)25/h2-3,5-8,11-12H,4,9-10,13H2,1H3,(H,21,27)(H,22,23,26). The molecule has 8 heteroatoms. The van der Waals surface area contributed by atoms with Crippen LogP contribution >= 0.6 is 11.3 Å². The summed E-state index contributed by atoms with van der Waals surface area (Å²) >= 11 is 1.36. The van der Waals surface area contributed by atoms with Crippen molar-refractivity contribution in [3.8, 4) is 0 Å². The van der Waals surface area contributed by atoms with Gasteiger partial charge in [-0.25, -0.2) is 9.78 Å². The highest BCUT2D eigenvalue weighted by Gasteiger charge is 2.12. The number of aryl methyl sites for hydroxylation is 1. The van der Waals surface area contributed by atoms with Crippen molar-refractivity contribution in [1.82, 2.24) is 24.8 Å². The van der Waals surface area contributed by atoms with E-state index in [1.165, 1.54) is 27.1 Å². The third kappa shape index (κ3) is 3.77. The van der Waals surface area contributed by atoms with Crippen LogP contribution in [-0.4, -0.2) is 39.1 Å². The van der Waals surface area contributed by atoms with E-state index in [0.717, 1.165) is 13.0 Å². The molecule has 144 valence electrons. The van der Waals surface area contributed by atoms with Gasteiger partial charge >= 0.3 is 6.03 Å². The van der Waals surface area contributed by atoms with E-state index in [1.54, 1.807) is 7.05 Å². The fourth-order valence-corrected chi connectivity index (χ4v) is 3.93.